The molecule has 0 saturated carbocycles. The lowest BCUT2D eigenvalue weighted by atomic mass is 9.95. The molecule has 1 atom stereocenters. The van der Waals surface area contributed by atoms with Crippen LogP contribution in [0.25, 0.3) is 10.8 Å². The van der Waals surface area contributed by atoms with Crippen molar-refractivity contribution in [3.05, 3.63) is 42.0 Å². The summed E-state index contributed by atoms with van der Waals surface area (Å²) in [6, 6.07) is 12.3. The second-order valence-electron chi connectivity index (χ2n) is 4.53. The van der Waals surface area contributed by atoms with Crippen molar-refractivity contribution < 1.29 is 14.3 Å². The topological polar surface area (TPSA) is 35.5 Å². The van der Waals surface area contributed by atoms with Crippen LogP contribution >= 0.6 is 0 Å². The minimum absolute atomic E-state index is 0.108. The Hall–Kier alpha value is -2.03. The number of methoxy groups -OCH3 is 1. The summed E-state index contributed by atoms with van der Waals surface area (Å²) in [5, 5.41) is 2.34. The highest BCUT2D eigenvalue weighted by Gasteiger charge is 2.27. The fourth-order valence-corrected chi connectivity index (χ4v) is 2.41. The molecule has 3 rings (SSSR count). The van der Waals surface area contributed by atoms with Gasteiger partial charge in [-0.15, -0.1) is 0 Å². The van der Waals surface area contributed by atoms with E-state index in [1.165, 1.54) is 12.5 Å². The van der Waals surface area contributed by atoms with Gasteiger partial charge in [0, 0.05) is 11.5 Å². The first-order valence-electron chi connectivity index (χ1n) is 6.00. The Morgan fingerprint density at radius 2 is 2.06 bits per heavy atom. The van der Waals surface area contributed by atoms with E-state index in [9.17, 15) is 4.79 Å². The van der Waals surface area contributed by atoms with E-state index >= 15 is 0 Å². The predicted molar refractivity (Wildman–Crippen MR) is 68.8 cm³/mol. The minimum Gasteiger partial charge on any atom is -0.493 e. The van der Waals surface area contributed by atoms with Gasteiger partial charge >= 0.3 is 5.97 Å². The summed E-state index contributed by atoms with van der Waals surface area (Å²) in [7, 11) is 1.42. The molecule has 0 bridgehead atoms. The average Bonchev–Trinajstić information content (AvgIpc) is 2.78. The van der Waals surface area contributed by atoms with Gasteiger partial charge in [-0.25, -0.2) is 0 Å². The molecule has 2 aromatic rings. The summed E-state index contributed by atoms with van der Waals surface area (Å²) in [5.41, 5.74) is 1.11. The van der Waals surface area contributed by atoms with E-state index in [0.29, 0.717) is 13.0 Å². The van der Waals surface area contributed by atoms with Crippen LogP contribution in [0.1, 0.15) is 17.9 Å². The van der Waals surface area contributed by atoms with Crippen molar-refractivity contribution >= 4 is 16.7 Å². The lowest BCUT2D eigenvalue weighted by molar-refractivity contribution is -0.141. The number of carbonyl (C=O) groups excluding carboxylic acids is 1. The summed E-state index contributed by atoms with van der Waals surface area (Å²) in [6.07, 6.45) is 0.377. The van der Waals surface area contributed by atoms with Crippen LogP contribution in [-0.4, -0.2) is 19.7 Å². The van der Waals surface area contributed by atoms with Crippen LogP contribution in [0.3, 0.4) is 0 Å². The Labute approximate surface area is 105 Å². The van der Waals surface area contributed by atoms with Crippen LogP contribution in [0.4, 0.5) is 0 Å². The third-order valence-electron chi connectivity index (χ3n) is 3.40. The number of carbonyl (C=O) groups is 1. The quantitative estimate of drug-likeness (QED) is 0.760. The molecule has 1 aliphatic heterocycles. The van der Waals surface area contributed by atoms with Crippen LogP contribution in [0, 0.1) is 0 Å². The van der Waals surface area contributed by atoms with Gasteiger partial charge in [0.25, 0.3) is 0 Å². The number of hydrogen-bond donors (Lipinski definition) is 0. The number of benzene rings is 2. The Morgan fingerprint density at radius 3 is 2.78 bits per heavy atom. The maximum absolute atomic E-state index is 11.4. The summed E-state index contributed by atoms with van der Waals surface area (Å²) in [4.78, 5) is 11.4. The van der Waals surface area contributed by atoms with Crippen LogP contribution in [-0.2, 0) is 9.53 Å². The van der Waals surface area contributed by atoms with E-state index in [-0.39, 0.29) is 11.9 Å². The maximum Gasteiger partial charge on any atom is 0.306 e. The van der Waals surface area contributed by atoms with Gasteiger partial charge in [0.05, 0.1) is 20.1 Å². The molecule has 0 spiro atoms. The molecule has 0 amide bonds. The summed E-state index contributed by atoms with van der Waals surface area (Å²) in [6.45, 7) is 0.556. The summed E-state index contributed by atoms with van der Waals surface area (Å²) < 4.78 is 10.4. The molecule has 92 valence electrons. The maximum atomic E-state index is 11.4. The van der Waals surface area contributed by atoms with Gasteiger partial charge in [0.2, 0.25) is 0 Å². The van der Waals surface area contributed by atoms with Crippen LogP contribution in [0.2, 0.25) is 0 Å². The number of esters is 1. The van der Waals surface area contributed by atoms with Crippen molar-refractivity contribution in [1.29, 1.82) is 0 Å². The molecule has 3 heteroatoms. The predicted octanol–water partition coefficient (Wildman–Crippen LogP) is 2.88. The van der Waals surface area contributed by atoms with E-state index in [1.54, 1.807) is 0 Å². The first-order chi connectivity index (χ1) is 8.78. The lowest BCUT2D eigenvalue weighted by Gasteiger charge is -2.07. The van der Waals surface area contributed by atoms with E-state index in [2.05, 4.69) is 18.2 Å². The van der Waals surface area contributed by atoms with E-state index in [0.717, 1.165) is 16.7 Å². The van der Waals surface area contributed by atoms with Gasteiger partial charge in [0.1, 0.15) is 5.75 Å². The Balaban J connectivity index is 2.00. The Morgan fingerprint density at radius 1 is 1.33 bits per heavy atom. The fourth-order valence-electron chi connectivity index (χ4n) is 2.41. The first-order valence-corrected chi connectivity index (χ1v) is 6.00. The molecule has 0 radical (unpaired) electrons. The van der Waals surface area contributed by atoms with Gasteiger partial charge < -0.3 is 9.47 Å². The molecular formula is C15H14O3. The lowest BCUT2D eigenvalue weighted by Crippen LogP contribution is -2.09. The molecule has 18 heavy (non-hydrogen) atoms. The number of rotatable bonds is 2. The second-order valence-corrected chi connectivity index (χ2v) is 4.53. The summed E-state index contributed by atoms with van der Waals surface area (Å²) in [5.74, 6) is 0.810. The smallest absolute Gasteiger partial charge is 0.306 e. The van der Waals surface area contributed by atoms with Gasteiger partial charge in [-0.1, -0.05) is 24.3 Å². The minimum atomic E-state index is -0.190. The normalized spacial score (nSPS) is 17.3. The molecule has 0 N–H and O–H groups in total. The van der Waals surface area contributed by atoms with Gasteiger partial charge in [-0.3, -0.25) is 4.79 Å². The van der Waals surface area contributed by atoms with Crippen LogP contribution in [0.5, 0.6) is 5.75 Å². The summed E-state index contributed by atoms with van der Waals surface area (Å²) >= 11 is 0. The van der Waals surface area contributed by atoms with Gasteiger partial charge in [0.15, 0.2) is 0 Å². The molecule has 0 aromatic heterocycles. The number of hydrogen-bond acceptors (Lipinski definition) is 3. The van der Waals surface area contributed by atoms with Crippen molar-refractivity contribution in [3.63, 3.8) is 0 Å². The molecule has 2 aromatic carbocycles. The molecule has 0 fully saturated rings. The molecule has 3 nitrogen and oxygen atoms in total. The highest BCUT2D eigenvalue weighted by molar-refractivity contribution is 5.85. The molecule has 0 aliphatic carbocycles. The standard InChI is InChI=1S/C15H14O3/c1-17-15(16)8-12-9-18-14-7-11-5-3-2-4-10(11)6-13(12)14/h2-7,12H,8-9H2,1H3. The van der Waals surface area contributed by atoms with E-state index < -0.39 is 0 Å². The zero-order chi connectivity index (χ0) is 12.5. The zero-order valence-electron chi connectivity index (χ0n) is 10.2. The third-order valence-corrected chi connectivity index (χ3v) is 3.40. The van der Waals surface area contributed by atoms with Crippen LogP contribution < -0.4 is 4.74 Å². The van der Waals surface area contributed by atoms with Crippen molar-refractivity contribution in [1.82, 2.24) is 0 Å². The highest BCUT2D eigenvalue weighted by atomic mass is 16.5. The number of ether oxygens (including phenoxy) is 2. The Bertz CT molecular complexity index is 604. The largest absolute Gasteiger partial charge is 0.493 e. The molecule has 1 unspecified atom stereocenters. The van der Waals surface area contributed by atoms with Gasteiger partial charge in [-0.2, -0.15) is 0 Å². The fraction of sp³-hybridized carbons (Fsp3) is 0.267. The monoisotopic (exact) mass is 242 g/mol. The first kappa shape index (κ1) is 11.1. The molecular weight excluding hydrogens is 228 g/mol. The SMILES string of the molecule is COC(=O)CC1COc2cc3ccccc3cc21. The number of fused-ring (bicyclic) bond motifs is 2. The van der Waals surface area contributed by atoms with Crippen molar-refractivity contribution in [2.45, 2.75) is 12.3 Å². The molecule has 1 heterocycles. The van der Waals surface area contributed by atoms with E-state index in [4.69, 9.17) is 9.47 Å². The average molecular weight is 242 g/mol. The second kappa shape index (κ2) is 4.33. The van der Waals surface area contributed by atoms with Crippen molar-refractivity contribution in [2.75, 3.05) is 13.7 Å². The van der Waals surface area contributed by atoms with Crippen molar-refractivity contribution in [3.8, 4) is 5.75 Å². The highest BCUT2D eigenvalue weighted by Crippen LogP contribution is 2.38. The van der Waals surface area contributed by atoms with Crippen LogP contribution in [0.15, 0.2) is 36.4 Å². The molecule has 0 saturated heterocycles. The van der Waals surface area contributed by atoms with Gasteiger partial charge in [-0.05, 0) is 22.9 Å². The zero-order valence-corrected chi connectivity index (χ0v) is 10.2. The van der Waals surface area contributed by atoms with E-state index in [1.807, 2.05) is 18.2 Å². The molecule has 1 aliphatic rings. The van der Waals surface area contributed by atoms with Crippen molar-refractivity contribution in [2.24, 2.45) is 0 Å². The third kappa shape index (κ3) is 1.82. The Kier molecular flexibility index (Phi) is 2.67.